The van der Waals surface area contributed by atoms with Crippen LogP contribution in [0.2, 0.25) is 0 Å². The highest BCUT2D eigenvalue weighted by molar-refractivity contribution is 5.97. The average molecular weight is 347 g/mol. The fraction of sp³-hybridized carbons (Fsp3) is 0.111. The van der Waals surface area contributed by atoms with Crippen LogP contribution in [0.5, 0.6) is 17.4 Å². The van der Waals surface area contributed by atoms with Gasteiger partial charge in [-0.15, -0.1) is 13.2 Å². The molecular formula is C18H12F3NO3. The van der Waals surface area contributed by atoms with Crippen LogP contribution in [-0.2, 0) is 0 Å². The summed E-state index contributed by atoms with van der Waals surface area (Å²) in [5, 5.41) is 0.759. The third kappa shape index (κ3) is 4.26. The molecule has 0 fully saturated rings. The van der Waals surface area contributed by atoms with Crippen molar-refractivity contribution in [3.05, 3.63) is 60.2 Å². The molecule has 0 saturated carbocycles. The van der Waals surface area contributed by atoms with Crippen LogP contribution in [0.15, 0.2) is 54.6 Å². The Hall–Kier alpha value is -3.09. The topological polar surface area (TPSA) is 48.4 Å². The number of fused-ring (bicyclic) bond motifs is 1. The molecule has 4 nitrogen and oxygen atoms in total. The van der Waals surface area contributed by atoms with Crippen molar-refractivity contribution in [1.29, 1.82) is 0 Å². The first-order valence-corrected chi connectivity index (χ1v) is 7.25. The second-order valence-corrected chi connectivity index (χ2v) is 5.24. The summed E-state index contributed by atoms with van der Waals surface area (Å²) >= 11 is 0. The molecule has 0 aliphatic heterocycles. The highest BCUT2D eigenvalue weighted by atomic mass is 19.4. The van der Waals surface area contributed by atoms with Gasteiger partial charge in [0.05, 0.1) is 5.52 Å². The fourth-order valence-electron chi connectivity index (χ4n) is 2.24. The molecular weight excluding hydrogens is 335 g/mol. The molecule has 3 aromatic rings. The zero-order valence-electron chi connectivity index (χ0n) is 13.0. The molecule has 0 saturated heterocycles. The van der Waals surface area contributed by atoms with Crippen molar-refractivity contribution >= 4 is 16.7 Å². The lowest BCUT2D eigenvalue weighted by Crippen LogP contribution is -2.17. The summed E-state index contributed by atoms with van der Waals surface area (Å²) in [7, 11) is 0. The van der Waals surface area contributed by atoms with Gasteiger partial charge in [-0.25, -0.2) is 4.98 Å². The third-order valence-electron chi connectivity index (χ3n) is 3.33. The summed E-state index contributed by atoms with van der Waals surface area (Å²) in [4.78, 5) is 15.7. The minimum atomic E-state index is -4.77. The molecule has 1 heterocycles. The number of benzene rings is 2. The number of nitrogens with zero attached hydrogens (tertiary/aromatic N) is 1. The van der Waals surface area contributed by atoms with Gasteiger partial charge >= 0.3 is 6.36 Å². The van der Waals surface area contributed by atoms with E-state index in [9.17, 15) is 18.0 Å². The molecule has 0 aliphatic carbocycles. The van der Waals surface area contributed by atoms with Crippen molar-refractivity contribution in [3.63, 3.8) is 0 Å². The lowest BCUT2D eigenvalue weighted by molar-refractivity contribution is -0.274. The van der Waals surface area contributed by atoms with Crippen LogP contribution >= 0.6 is 0 Å². The Kier molecular flexibility index (Phi) is 4.31. The summed E-state index contributed by atoms with van der Waals surface area (Å²) in [6.45, 7) is 1.47. The van der Waals surface area contributed by atoms with Crippen LogP contribution in [0.1, 0.15) is 17.3 Å². The Morgan fingerprint density at radius 3 is 2.48 bits per heavy atom. The van der Waals surface area contributed by atoms with Gasteiger partial charge < -0.3 is 9.47 Å². The van der Waals surface area contributed by atoms with Gasteiger partial charge in [0, 0.05) is 23.1 Å². The molecule has 0 unspecified atom stereocenters. The van der Waals surface area contributed by atoms with Crippen LogP contribution in [0, 0.1) is 0 Å². The van der Waals surface area contributed by atoms with Crippen LogP contribution < -0.4 is 9.47 Å². The largest absolute Gasteiger partial charge is 0.573 e. The van der Waals surface area contributed by atoms with Crippen LogP contribution in [0.25, 0.3) is 10.9 Å². The number of hydrogen-bond donors (Lipinski definition) is 0. The number of rotatable bonds is 4. The molecule has 0 radical (unpaired) electrons. The van der Waals surface area contributed by atoms with Crippen molar-refractivity contribution < 1.29 is 27.4 Å². The minimum Gasteiger partial charge on any atom is -0.439 e. The molecule has 0 aliphatic rings. The standard InChI is InChI=1S/C18H12F3NO3/c1-11(23)12-5-7-16-13(9-12)6-8-17(22-16)24-14-3-2-4-15(10-14)25-18(19,20)21/h2-10H,1H3. The second-order valence-electron chi connectivity index (χ2n) is 5.24. The quantitative estimate of drug-likeness (QED) is 0.614. The number of Topliss-reactive ketones (excluding diaryl/α,β-unsaturated/α-hetero) is 1. The van der Waals surface area contributed by atoms with Gasteiger partial charge in [0.15, 0.2) is 5.78 Å². The molecule has 0 bridgehead atoms. The minimum absolute atomic E-state index is 0.0521. The maximum Gasteiger partial charge on any atom is 0.573 e. The van der Waals surface area contributed by atoms with Crippen LogP contribution in [0.4, 0.5) is 13.2 Å². The number of carbonyl (C=O) groups excluding carboxylic acids is 1. The Bertz CT molecular complexity index is 938. The normalized spacial score (nSPS) is 11.4. The predicted octanol–water partition coefficient (Wildman–Crippen LogP) is 5.13. The zero-order valence-corrected chi connectivity index (χ0v) is 13.0. The summed E-state index contributed by atoms with van der Waals surface area (Å²) in [5.74, 6) is -0.0539. The van der Waals surface area contributed by atoms with E-state index in [4.69, 9.17) is 4.74 Å². The maximum atomic E-state index is 12.3. The molecule has 128 valence electrons. The molecule has 3 rings (SSSR count). The highest BCUT2D eigenvalue weighted by Crippen LogP contribution is 2.29. The summed E-state index contributed by atoms with van der Waals surface area (Å²) in [6.07, 6.45) is -4.77. The Balaban J connectivity index is 1.84. The monoisotopic (exact) mass is 347 g/mol. The summed E-state index contributed by atoms with van der Waals surface area (Å²) in [5.41, 5.74) is 1.17. The first-order chi connectivity index (χ1) is 11.8. The zero-order chi connectivity index (χ0) is 18.0. The van der Waals surface area contributed by atoms with Gasteiger partial charge in [0.25, 0.3) is 0 Å². The maximum absolute atomic E-state index is 12.3. The summed E-state index contributed by atoms with van der Waals surface area (Å²) in [6, 6.07) is 13.5. The second kappa shape index (κ2) is 6.43. The number of aromatic nitrogens is 1. The van der Waals surface area contributed by atoms with Gasteiger partial charge in [-0.2, -0.15) is 0 Å². The first kappa shape index (κ1) is 16.8. The van der Waals surface area contributed by atoms with Gasteiger partial charge in [0.2, 0.25) is 5.88 Å². The van der Waals surface area contributed by atoms with Crippen LogP contribution in [-0.4, -0.2) is 17.1 Å². The number of carbonyl (C=O) groups is 1. The number of halogens is 3. The number of ether oxygens (including phenoxy) is 2. The number of pyridine rings is 1. The predicted molar refractivity (Wildman–Crippen MR) is 84.9 cm³/mol. The Morgan fingerprint density at radius 2 is 1.76 bits per heavy atom. The number of alkyl halides is 3. The van der Waals surface area contributed by atoms with Crippen molar-refractivity contribution in [1.82, 2.24) is 4.98 Å². The van der Waals surface area contributed by atoms with Crippen molar-refractivity contribution in [2.24, 2.45) is 0 Å². The van der Waals surface area contributed by atoms with Crippen molar-refractivity contribution in [3.8, 4) is 17.4 Å². The van der Waals surface area contributed by atoms with Gasteiger partial charge in [-0.3, -0.25) is 4.79 Å². The average Bonchev–Trinajstić information content (AvgIpc) is 2.53. The first-order valence-electron chi connectivity index (χ1n) is 7.25. The van der Waals surface area contributed by atoms with Gasteiger partial charge in [-0.05, 0) is 43.3 Å². The third-order valence-corrected chi connectivity index (χ3v) is 3.33. The number of ketones is 1. The smallest absolute Gasteiger partial charge is 0.439 e. The van der Waals surface area contributed by atoms with E-state index in [2.05, 4.69) is 9.72 Å². The molecule has 0 spiro atoms. The van der Waals surface area contributed by atoms with E-state index in [0.717, 1.165) is 11.5 Å². The van der Waals surface area contributed by atoms with Crippen molar-refractivity contribution in [2.45, 2.75) is 13.3 Å². The van der Waals surface area contributed by atoms with Crippen LogP contribution in [0.3, 0.4) is 0 Å². The molecule has 7 heteroatoms. The highest BCUT2D eigenvalue weighted by Gasteiger charge is 2.31. The molecule has 0 atom stereocenters. The van der Waals surface area contributed by atoms with E-state index in [0.29, 0.717) is 11.1 Å². The van der Waals surface area contributed by atoms with Gasteiger partial charge in [-0.1, -0.05) is 6.07 Å². The Morgan fingerprint density at radius 1 is 1.00 bits per heavy atom. The SMILES string of the molecule is CC(=O)c1ccc2nc(Oc3cccc(OC(F)(F)F)c3)ccc2c1. The van der Waals surface area contributed by atoms with E-state index < -0.39 is 6.36 Å². The molecule has 0 amide bonds. The van der Waals surface area contributed by atoms with Crippen molar-refractivity contribution in [2.75, 3.05) is 0 Å². The fourth-order valence-corrected chi connectivity index (χ4v) is 2.24. The van der Waals surface area contributed by atoms with E-state index in [1.54, 1.807) is 30.3 Å². The van der Waals surface area contributed by atoms with Gasteiger partial charge in [0.1, 0.15) is 11.5 Å². The molecule has 25 heavy (non-hydrogen) atoms. The molecule has 0 N–H and O–H groups in total. The lowest BCUT2D eigenvalue weighted by Gasteiger charge is -2.10. The Labute approximate surface area is 140 Å². The van der Waals surface area contributed by atoms with E-state index in [-0.39, 0.29) is 23.2 Å². The lowest BCUT2D eigenvalue weighted by atomic mass is 10.1. The van der Waals surface area contributed by atoms with E-state index in [1.165, 1.54) is 25.1 Å². The number of hydrogen-bond acceptors (Lipinski definition) is 4. The van der Waals surface area contributed by atoms with E-state index in [1.807, 2.05) is 0 Å². The molecule has 1 aromatic heterocycles. The van der Waals surface area contributed by atoms with E-state index >= 15 is 0 Å². The summed E-state index contributed by atoms with van der Waals surface area (Å²) < 4.78 is 46.1. The molecule has 2 aromatic carbocycles.